The predicted octanol–water partition coefficient (Wildman–Crippen LogP) is 1.11. The molecule has 1 rings (SSSR count). The van der Waals surface area contributed by atoms with Crippen LogP contribution < -0.4 is 5.32 Å². The molecule has 0 heterocycles. The van der Waals surface area contributed by atoms with E-state index >= 15 is 0 Å². The summed E-state index contributed by atoms with van der Waals surface area (Å²) < 4.78 is 10.3. The van der Waals surface area contributed by atoms with Gasteiger partial charge < -0.3 is 14.8 Å². The lowest BCUT2D eigenvalue weighted by atomic mass is 10.2. The Morgan fingerprint density at radius 1 is 1.18 bits per heavy atom. The first-order valence-corrected chi connectivity index (χ1v) is 6.73. The van der Waals surface area contributed by atoms with Crippen LogP contribution in [0.15, 0.2) is 0 Å². The van der Waals surface area contributed by atoms with E-state index in [2.05, 4.69) is 17.1 Å². The van der Waals surface area contributed by atoms with Crippen molar-refractivity contribution in [2.24, 2.45) is 0 Å². The summed E-state index contributed by atoms with van der Waals surface area (Å²) >= 11 is 0. The second-order valence-corrected chi connectivity index (χ2v) is 4.89. The summed E-state index contributed by atoms with van der Waals surface area (Å²) in [4.78, 5) is 2.45. The highest BCUT2D eigenvalue weighted by molar-refractivity contribution is 4.81. The Kier molecular flexibility index (Phi) is 7.77. The van der Waals surface area contributed by atoms with Crippen molar-refractivity contribution in [1.29, 1.82) is 0 Å². The van der Waals surface area contributed by atoms with Gasteiger partial charge in [0.2, 0.25) is 0 Å². The topological polar surface area (TPSA) is 33.7 Å². The summed E-state index contributed by atoms with van der Waals surface area (Å²) in [6, 6.07) is 1.40. The second-order valence-electron chi connectivity index (χ2n) is 4.89. The molecule has 4 nitrogen and oxygen atoms in total. The molecule has 1 N–H and O–H groups in total. The summed E-state index contributed by atoms with van der Waals surface area (Å²) in [6.07, 6.45) is 3.93. The molecule has 1 atom stereocenters. The monoisotopic (exact) mass is 244 g/mol. The Balaban J connectivity index is 2.15. The van der Waals surface area contributed by atoms with Crippen LogP contribution in [0.4, 0.5) is 0 Å². The number of rotatable bonds is 11. The molecular formula is C13H28N2O2. The Labute approximate surface area is 106 Å². The molecule has 1 fully saturated rings. The highest BCUT2D eigenvalue weighted by atomic mass is 16.5. The number of hydrogen-bond acceptors (Lipinski definition) is 4. The molecule has 0 aromatic carbocycles. The van der Waals surface area contributed by atoms with Gasteiger partial charge in [0.05, 0.1) is 13.2 Å². The fourth-order valence-corrected chi connectivity index (χ4v) is 1.94. The van der Waals surface area contributed by atoms with Gasteiger partial charge in [0.1, 0.15) is 0 Å². The van der Waals surface area contributed by atoms with E-state index < -0.39 is 0 Å². The maximum Gasteiger partial charge on any atom is 0.0589 e. The van der Waals surface area contributed by atoms with Gasteiger partial charge in [-0.1, -0.05) is 0 Å². The quantitative estimate of drug-likeness (QED) is 0.590. The number of ether oxygens (including phenoxy) is 2. The van der Waals surface area contributed by atoms with Gasteiger partial charge in [-0.2, -0.15) is 0 Å². The lowest BCUT2D eigenvalue weighted by Crippen LogP contribution is -2.39. The molecule has 0 aromatic rings. The number of methoxy groups -OCH3 is 2. The van der Waals surface area contributed by atoms with Crippen LogP contribution in [0, 0.1) is 0 Å². The van der Waals surface area contributed by atoms with Gasteiger partial charge in [-0.25, -0.2) is 0 Å². The van der Waals surface area contributed by atoms with Crippen LogP contribution in [0.2, 0.25) is 0 Å². The molecule has 0 bridgehead atoms. The summed E-state index contributed by atoms with van der Waals surface area (Å²) in [5.74, 6) is 0. The predicted molar refractivity (Wildman–Crippen MR) is 70.4 cm³/mol. The average molecular weight is 244 g/mol. The lowest BCUT2D eigenvalue weighted by Gasteiger charge is -2.28. The molecule has 0 radical (unpaired) electrons. The first-order chi connectivity index (χ1) is 8.27. The first-order valence-electron chi connectivity index (χ1n) is 6.73. The highest BCUT2D eigenvalue weighted by Gasteiger charge is 2.20. The van der Waals surface area contributed by atoms with Crippen LogP contribution in [-0.4, -0.2) is 64.1 Å². The largest absolute Gasteiger partial charge is 0.383 e. The van der Waals surface area contributed by atoms with Crippen molar-refractivity contribution in [2.45, 2.75) is 38.3 Å². The Morgan fingerprint density at radius 2 is 1.76 bits per heavy atom. The van der Waals surface area contributed by atoms with Crippen molar-refractivity contribution in [1.82, 2.24) is 10.2 Å². The molecule has 0 aromatic heterocycles. The second kappa shape index (κ2) is 8.86. The van der Waals surface area contributed by atoms with Crippen LogP contribution in [-0.2, 0) is 9.47 Å². The first kappa shape index (κ1) is 14.9. The maximum atomic E-state index is 5.16. The number of hydrogen-bond donors (Lipinski definition) is 1. The molecule has 0 saturated heterocycles. The van der Waals surface area contributed by atoms with Gasteiger partial charge in [-0.05, 0) is 32.7 Å². The van der Waals surface area contributed by atoms with Crippen LogP contribution in [0.25, 0.3) is 0 Å². The van der Waals surface area contributed by atoms with E-state index in [1.807, 2.05) is 0 Å². The van der Waals surface area contributed by atoms with Gasteiger partial charge in [-0.15, -0.1) is 0 Å². The number of nitrogens with zero attached hydrogens (tertiary/aromatic N) is 1. The highest BCUT2D eigenvalue weighted by Crippen LogP contribution is 2.18. The summed E-state index contributed by atoms with van der Waals surface area (Å²) in [5.41, 5.74) is 0. The van der Waals surface area contributed by atoms with Gasteiger partial charge in [-0.3, -0.25) is 4.90 Å². The molecule has 1 aliphatic rings. The van der Waals surface area contributed by atoms with Crippen molar-refractivity contribution in [3.8, 4) is 0 Å². The molecule has 4 heteroatoms. The maximum absolute atomic E-state index is 5.16. The third kappa shape index (κ3) is 6.99. The SMILES string of the molecule is COCCN(CCOC)C(C)CCNC1CC1. The van der Waals surface area contributed by atoms with E-state index in [-0.39, 0.29) is 0 Å². The van der Waals surface area contributed by atoms with Gasteiger partial charge in [0.25, 0.3) is 0 Å². The normalized spacial score (nSPS) is 17.6. The smallest absolute Gasteiger partial charge is 0.0589 e. The van der Waals surface area contributed by atoms with E-state index in [4.69, 9.17) is 9.47 Å². The molecule has 102 valence electrons. The van der Waals surface area contributed by atoms with Crippen LogP contribution in [0.5, 0.6) is 0 Å². The third-order valence-electron chi connectivity index (χ3n) is 3.36. The molecule has 0 spiro atoms. The molecule has 0 aliphatic heterocycles. The molecule has 1 unspecified atom stereocenters. The Bertz CT molecular complexity index is 178. The summed E-state index contributed by atoms with van der Waals surface area (Å²) in [7, 11) is 3.52. The minimum Gasteiger partial charge on any atom is -0.383 e. The fraction of sp³-hybridized carbons (Fsp3) is 1.00. The molecule has 1 saturated carbocycles. The molecular weight excluding hydrogens is 216 g/mol. The molecule has 0 amide bonds. The van der Waals surface area contributed by atoms with Crippen molar-refractivity contribution >= 4 is 0 Å². The molecule has 17 heavy (non-hydrogen) atoms. The van der Waals surface area contributed by atoms with E-state index in [0.29, 0.717) is 6.04 Å². The van der Waals surface area contributed by atoms with Crippen molar-refractivity contribution in [3.63, 3.8) is 0 Å². The lowest BCUT2D eigenvalue weighted by molar-refractivity contribution is 0.0894. The number of nitrogens with one attached hydrogen (secondary N) is 1. The zero-order valence-electron chi connectivity index (χ0n) is 11.6. The van der Waals surface area contributed by atoms with Crippen molar-refractivity contribution < 1.29 is 9.47 Å². The minimum absolute atomic E-state index is 0.589. The van der Waals surface area contributed by atoms with Crippen LogP contribution >= 0.6 is 0 Å². The summed E-state index contributed by atoms with van der Waals surface area (Å²) in [5, 5.41) is 3.57. The van der Waals surface area contributed by atoms with E-state index in [1.54, 1.807) is 14.2 Å². The van der Waals surface area contributed by atoms with E-state index in [0.717, 1.165) is 38.9 Å². The minimum atomic E-state index is 0.589. The van der Waals surface area contributed by atoms with Crippen molar-refractivity contribution in [3.05, 3.63) is 0 Å². The van der Waals surface area contributed by atoms with Gasteiger partial charge in [0.15, 0.2) is 0 Å². The standard InChI is InChI=1S/C13H28N2O2/c1-12(6-7-14-13-4-5-13)15(8-10-16-2)9-11-17-3/h12-14H,4-11H2,1-3H3. The van der Waals surface area contributed by atoms with E-state index in [1.165, 1.54) is 19.3 Å². The average Bonchev–Trinajstić information content (AvgIpc) is 3.13. The Morgan fingerprint density at radius 3 is 2.24 bits per heavy atom. The third-order valence-corrected chi connectivity index (χ3v) is 3.36. The fourth-order valence-electron chi connectivity index (χ4n) is 1.94. The summed E-state index contributed by atoms with van der Waals surface area (Å²) in [6.45, 7) is 6.99. The van der Waals surface area contributed by atoms with Gasteiger partial charge >= 0.3 is 0 Å². The van der Waals surface area contributed by atoms with Gasteiger partial charge in [0, 0.05) is 39.4 Å². The Hall–Kier alpha value is -0.160. The zero-order valence-corrected chi connectivity index (χ0v) is 11.6. The molecule has 1 aliphatic carbocycles. The van der Waals surface area contributed by atoms with Crippen molar-refractivity contribution in [2.75, 3.05) is 47.1 Å². The van der Waals surface area contributed by atoms with Crippen LogP contribution in [0.3, 0.4) is 0 Å². The van der Waals surface area contributed by atoms with E-state index in [9.17, 15) is 0 Å². The van der Waals surface area contributed by atoms with Crippen LogP contribution in [0.1, 0.15) is 26.2 Å². The zero-order chi connectivity index (χ0) is 12.5.